The Morgan fingerprint density at radius 3 is 2.82 bits per heavy atom. The van der Waals surface area contributed by atoms with E-state index in [4.69, 9.17) is 10.2 Å². The maximum atomic E-state index is 11.5. The summed E-state index contributed by atoms with van der Waals surface area (Å²) in [6, 6.07) is 7.77. The number of ketones is 1. The summed E-state index contributed by atoms with van der Waals surface area (Å²) in [6.07, 6.45) is 0. The fraction of sp³-hybridized carbons (Fsp3) is 0.231. The van der Waals surface area contributed by atoms with Crippen molar-refractivity contribution in [1.82, 2.24) is 4.98 Å². The lowest BCUT2D eigenvalue weighted by atomic mass is 10.1. The van der Waals surface area contributed by atoms with E-state index >= 15 is 0 Å². The Hall–Kier alpha value is -1.94. The van der Waals surface area contributed by atoms with E-state index in [1.54, 1.807) is 6.92 Å². The van der Waals surface area contributed by atoms with Gasteiger partial charge < -0.3 is 10.2 Å². The number of carbonyl (C=O) groups excluding carboxylic acids is 1. The summed E-state index contributed by atoms with van der Waals surface area (Å²) in [5, 5.41) is 0. The highest BCUT2D eigenvalue weighted by molar-refractivity contribution is 5.96. The third kappa shape index (κ3) is 2.26. The lowest BCUT2D eigenvalue weighted by molar-refractivity contribution is 0.0975. The summed E-state index contributed by atoms with van der Waals surface area (Å²) < 4.78 is 5.47. The molecule has 2 rings (SSSR count). The molecule has 0 fully saturated rings. The Bertz CT molecular complexity index is 558. The lowest BCUT2D eigenvalue weighted by Gasteiger charge is -1.96. The van der Waals surface area contributed by atoms with E-state index in [-0.39, 0.29) is 18.1 Å². The Morgan fingerprint density at radius 2 is 2.18 bits per heavy atom. The van der Waals surface area contributed by atoms with Gasteiger partial charge >= 0.3 is 0 Å². The number of aryl methyl sites for hydroxylation is 2. The molecule has 0 bridgehead atoms. The van der Waals surface area contributed by atoms with Crippen molar-refractivity contribution in [2.24, 2.45) is 5.73 Å². The monoisotopic (exact) mass is 230 g/mol. The Kier molecular flexibility index (Phi) is 3.06. The number of benzene rings is 1. The number of hydrogen-bond acceptors (Lipinski definition) is 4. The number of rotatable bonds is 3. The maximum absolute atomic E-state index is 11.5. The van der Waals surface area contributed by atoms with Gasteiger partial charge in [0.15, 0.2) is 5.76 Å². The third-order valence-electron chi connectivity index (χ3n) is 2.50. The second kappa shape index (κ2) is 4.51. The van der Waals surface area contributed by atoms with E-state index in [9.17, 15) is 4.79 Å². The van der Waals surface area contributed by atoms with Crippen molar-refractivity contribution in [3.05, 3.63) is 41.3 Å². The fourth-order valence-corrected chi connectivity index (χ4v) is 1.65. The molecule has 0 aliphatic heterocycles. The molecule has 1 heterocycles. The predicted molar refractivity (Wildman–Crippen MR) is 64.8 cm³/mol. The van der Waals surface area contributed by atoms with Crippen molar-refractivity contribution in [1.29, 1.82) is 0 Å². The molecule has 0 unspecified atom stereocenters. The number of oxazole rings is 1. The Labute approximate surface area is 99.5 Å². The molecular formula is C13H14N2O2. The molecule has 0 saturated carbocycles. The van der Waals surface area contributed by atoms with Crippen LogP contribution in [-0.4, -0.2) is 17.3 Å². The summed E-state index contributed by atoms with van der Waals surface area (Å²) >= 11 is 0. The molecule has 1 aromatic heterocycles. The van der Waals surface area contributed by atoms with Gasteiger partial charge in [0, 0.05) is 5.56 Å². The molecule has 0 radical (unpaired) electrons. The summed E-state index contributed by atoms with van der Waals surface area (Å²) in [6.45, 7) is 3.67. The van der Waals surface area contributed by atoms with E-state index in [1.165, 1.54) is 0 Å². The standard InChI is InChI=1S/C13H14N2O2/c1-8-4-3-5-10(6-8)13-15-9(2)12(17-13)11(16)7-14/h3-6H,7,14H2,1-2H3. The van der Waals surface area contributed by atoms with Crippen molar-refractivity contribution in [3.8, 4) is 11.5 Å². The summed E-state index contributed by atoms with van der Waals surface area (Å²) in [5.41, 5.74) is 7.87. The first-order valence-corrected chi connectivity index (χ1v) is 5.39. The van der Waals surface area contributed by atoms with Crippen LogP contribution in [-0.2, 0) is 0 Å². The van der Waals surface area contributed by atoms with Crippen LogP contribution in [0.4, 0.5) is 0 Å². The van der Waals surface area contributed by atoms with Crippen LogP contribution >= 0.6 is 0 Å². The molecule has 2 aromatic rings. The fourth-order valence-electron chi connectivity index (χ4n) is 1.65. The molecule has 0 atom stereocenters. The van der Waals surface area contributed by atoms with E-state index in [0.717, 1.165) is 11.1 Å². The largest absolute Gasteiger partial charge is 0.433 e. The molecular weight excluding hydrogens is 216 g/mol. The van der Waals surface area contributed by atoms with Gasteiger partial charge in [-0.1, -0.05) is 17.7 Å². The smallest absolute Gasteiger partial charge is 0.227 e. The first-order chi connectivity index (χ1) is 8.11. The molecule has 0 saturated heterocycles. The van der Waals surface area contributed by atoms with Crippen LogP contribution < -0.4 is 5.73 Å². The van der Waals surface area contributed by atoms with Gasteiger partial charge in [-0.15, -0.1) is 0 Å². The molecule has 0 spiro atoms. The third-order valence-corrected chi connectivity index (χ3v) is 2.50. The topological polar surface area (TPSA) is 69.1 Å². The number of Topliss-reactive ketones (excluding diaryl/α,β-unsaturated/α-hetero) is 1. The molecule has 0 aliphatic rings. The van der Waals surface area contributed by atoms with Crippen LogP contribution in [0, 0.1) is 13.8 Å². The van der Waals surface area contributed by atoms with E-state index in [1.807, 2.05) is 31.2 Å². The highest BCUT2D eigenvalue weighted by Crippen LogP contribution is 2.22. The van der Waals surface area contributed by atoms with Crippen LogP contribution in [0.5, 0.6) is 0 Å². The van der Waals surface area contributed by atoms with Crippen molar-refractivity contribution in [2.75, 3.05) is 6.54 Å². The lowest BCUT2D eigenvalue weighted by Crippen LogP contribution is -2.13. The van der Waals surface area contributed by atoms with Crippen LogP contribution in [0.1, 0.15) is 21.8 Å². The zero-order valence-electron chi connectivity index (χ0n) is 9.86. The van der Waals surface area contributed by atoms with Crippen molar-refractivity contribution in [3.63, 3.8) is 0 Å². The van der Waals surface area contributed by atoms with Gasteiger partial charge in [0.2, 0.25) is 11.7 Å². The van der Waals surface area contributed by atoms with Gasteiger partial charge in [-0.2, -0.15) is 0 Å². The molecule has 88 valence electrons. The van der Waals surface area contributed by atoms with Crippen LogP contribution in [0.15, 0.2) is 28.7 Å². The van der Waals surface area contributed by atoms with Crippen molar-refractivity contribution >= 4 is 5.78 Å². The molecule has 2 N–H and O–H groups in total. The number of aromatic nitrogens is 1. The van der Waals surface area contributed by atoms with Gasteiger partial charge in [-0.05, 0) is 26.0 Å². The minimum Gasteiger partial charge on any atom is -0.433 e. The number of nitrogens with two attached hydrogens (primary N) is 1. The average Bonchev–Trinajstić information content (AvgIpc) is 2.70. The van der Waals surface area contributed by atoms with E-state index < -0.39 is 0 Å². The second-order valence-electron chi connectivity index (χ2n) is 3.93. The first-order valence-electron chi connectivity index (χ1n) is 5.39. The van der Waals surface area contributed by atoms with Crippen LogP contribution in [0.3, 0.4) is 0 Å². The van der Waals surface area contributed by atoms with E-state index in [0.29, 0.717) is 11.6 Å². The van der Waals surface area contributed by atoms with Crippen LogP contribution in [0.2, 0.25) is 0 Å². The molecule has 17 heavy (non-hydrogen) atoms. The minimum absolute atomic E-state index is 0.0662. The van der Waals surface area contributed by atoms with Gasteiger partial charge in [-0.3, -0.25) is 4.79 Å². The summed E-state index contributed by atoms with van der Waals surface area (Å²) in [7, 11) is 0. The maximum Gasteiger partial charge on any atom is 0.227 e. The van der Waals surface area contributed by atoms with E-state index in [2.05, 4.69) is 4.98 Å². The number of nitrogens with zero attached hydrogens (tertiary/aromatic N) is 1. The average molecular weight is 230 g/mol. The van der Waals surface area contributed by atoms with Gasteiger partial charge in [-0.25, -0.2) is 4.98 Å². The normalized spacial score (nSPS) is 10.5. The van der Waals surface area contributed by atoms with Gasteiger partial charge in [0.1, 0.15) is 0 Å². The zero-order valence-corrected chi connectivity index (χ0v) is 9.86. The van der Waals surface area contributed by atoms with Crippen LogP contribution in [0.25, 0.3) is 11.5 Å². The quantitative estimate of drug-likeness (QED) is 0.820. The SMILES string of the molecule is Cc1cccc(-c2nc(C)c(C(=O)CN)o2)c1. The highest BCUT2D eigenvalue weighted by Gasteiger charge is 2.16. The molecule has 4 nitrogen and oxygen atoms in total. The number of carbonyl (C=O) groups is 1. The highest BCUT2D eigenvalue weighted by atomic mass is 16.4. The number of hydrogen-bond donors (Lipinski definition) is 1. The summed E-state index contributed by atoms with van der Waals surface area (Å²) in [4.78, 5) is 15.7. The van der Waals surface area contributed by atoms with Gasteiger partial charge in [0.25, 0.3) is 0 Å². The second-order valence-corrected chi connectivity index (χ2v) is 3.93. The van der Waals surface area contributed by atoms with Gasteiger partial charge in [0.05, 0.1) is 12.2 Å². The Balaban J connectivity index is 2.44. The zero-order chi connectivity index (χ0) is 12.4. The first kappa shape index (κ1) is 11.5. The molecule has 4 heteroatoms. The summed E-state index contributed by atoms with van der Waals surface area (Å²) in [5.74, 6) is 0.487. The molecule has 0 aliphatic carbocycles. The van der Waals surface area contributed by atoms with Crippen molar-refractivity contribution < 1.29 is 9.21 Å². The predicted octanol–water partition coefficient (Wildman–Crippen LogP) is 2.10. The minimum atomic E-state index is -0.228. The molecule has 1 aromatic carbocycles. The Morgan fingerprint density at radius 1 is 1.41 bits per heavy atom. The van der Waals surface area contributed by atoms with Crippen molar-refractivity contribution in [2.45, 2.75) is 13.8 Å². The molecule has 0 amide bonds.